The van der Waals surface area contributed by atoms with Crippen molar-refractivity contribution in [2.45, 2.75) is 26.3 Å². The minimum Gasteiger partial charge on any atom is -0.352 e. The topological polar surface area (TPSA) is 29.1 Å². The van der Waals surface area contributed by atoms with Crippen LogP contribution >= 0.6 is 0 Å². The maximum atomic E-state index is 10.0. The van der Waals surface area contributed by atoms with Gasteiger partial charge in [0.2, 0.25) is 6.41 Å². The van der Waals surface area contributed by atoms with E-state index in [2.05, 4.69) is 25.7 Å². The number of nitrogens with one attached hydrogen (secondary N) is 1. The summed E-state index contributed by atoms with van der Waals surface area (Å²) in [7, 11) is 0. The summed E-state index contributed by atoms with van der Waals surface area (Å²) in [4.78, 5) is 10.0. The lowest BCUT2D eigenvalue weighted by molar-refractivity contribution is -0.110. The number of carbonyl (C=O) groups excluding carboxylic acids is 1. The first-order valence-electron chi connectivity index (χ1n) is 3.58. The fourth-order valence-electron chi connectivity index (χ4n) is 0.797. The lowest BCUT2D eigenvalue weighted by atomic mass is 10.00. The van der Waals surface area contributed by atoms with Gasteiger partial charge in [0.05, 0.1) is 0 Å². The average Bonchev–Trinajstić information content (AvgIpc) is 1.99. The fraction of sp³-hybridized carbons (Fsp3) is 0.625. The molecule has 0 aliphatic rings. The first kappa shape index (κ1) is 9.21. The van der Waals surface area contributed by atoms with Gasteiger partial charge in [-0.2, -0.15) is 0 Å². The van der Waals surface area contributed by atoms with Gasteiger partial charge < -0.3 is 5.32 Å². The molecule has 0 fully saturated rings. The van der Waals surface area contributed by atoms with Crippen LogP contribution in [0.5, 0.6) is 0 Å². The molecule has 0 saturated heterocycles. The molecule has 2 heteroatoms. The largest absolute Gasteiger partial charge is 0.352 e. The first-order valence-corrected chi connectivity index (χ1v) is 3.58. The minimum atomic E-state index is 0.127. The lowest BCUT2D eigenvalue weighted by Gasteiger charge is -2.17. The second kappa shape index (κ2) is 5.03. The van der Waals surface area contributed by atoms with Gasteiger partial charge in [0.1, 0.15) is 0 Å². The van der Waals surface area contributed by atoms with Crippen molar-refractivity contribution in [3.63, 3.8) is 0 Å². The van der Waals surface area contributed by atoms with Crippen molar-refractivity contribution in [1.82, 2.24) is 5.32 Å². The molecule has 1 amide bonds. The Balaban J connectivity index is 3.78. The van der Waals surface area contributed by atoms with Crippen molar-refractivity contribution in [3.05, 3.63) is 12.7 Å². The molecule has 0 saturated carbocycles. The highest BCUT2D eigenvalue weighted by molar-refractivity contribution is 5.47. The van der Waals surface area contributed by atoms with E-state index in [1.807, 2.05) is 0 Å². The summed E-state index contributed by atoms with van der Waals surface area (Å²) < 4.78 is 0. The van der Waals surface area contributed by atoms with E-state index in [0.29, 0.717) is 5.92 Å². The summed E-state index contributed by atoms with van der Waals surface area (Å²) in [5, 5.41) is 2.68. The molecule has 1 N–H and O–H groups in total. The Kier molecular flexibility index (Phi) is 4.63. The molecule has 0 heterocycles. The van der Waals surface area contributed by atoms with Gasteiger partial charge in [-0.25, -0.2) is 0 Å². The number of carbonyl (C=O) groups is 1. The number of hydrogen-bond acceptors (Lipinski definition) is 1. The molecule has 2 unspecified atom stereocenters. The zero-order valence-electron chi connectivity index (χ0n) is 6.63. The molecule has 0 aromatic carbocycles. The second-order valence-electron chi connectivity index (χ2n) is 2.43. The van der Waals surface area contributed by atoms with E-state index in [4.69, 9.17) is 0 Å². The van der Waals surface area contributed by atoms with Crippen LogP contribution in [0.1, 0.15) is 20.3 Å². The third-order valence-corrected chi connectivity index (χ3v) is 1.77. The summed E-state index contributed by atoms with van der Waals surface area (Å²) in [5.41, 5.74) is 0. The first-order chi connectivity index (χ1) is 4.76. The molecule has 0 aromatic heterocycles. The van der Waals surface area contributed by atoms with E-state index in [1.54, 1.807) is 6.08 Å². The molecule has 0 rings (SSSR count). The maximum Gasteiger partial charge on any atom is 0.207 e. The molecule has 0 radical (unpaired) electrons. The number of rotatable bonds is 5. The van der Waals surface area contributed by atoms with Gasteiger partial charge in [-0.15, -0.1) is 6.58 Å². The van der Waals surface area contributed by atoms with E-state index >= 15 is 0 Å². The summed E-state index contributed by atoms with van der Waals surface area (Å²) in [6.07, 6.45) is 3.54. The Hall–Kier alpha value is -0.790. The van der Waals surface area contributed by atoms with Gasteiger partial charge in [-0.3, -0.25) is 4.79 Å². The standard InChI is InChI=1S/C8H15NO/c1-4-7(3)8(5-2)9-6-10/h5-8H,2,4H2,1,3H3,(H,9,10). The lowest BCUT2D eigenvalue weighted by Crippen LogP contribution is -2.31. The van der Waals surface area contributed by atoms with Crippen molar-refractivity contribution >= 4 is 6.41 Å². The molecule has 0 spiro atoms. The summed E-state index contributed by atoms with van der Waals surface area (Å²) in [6, 6.07) is 0.127. The Labute approximate surface area is 62.3 Å². The Bertz CT molecular complexity index is 112. The van der Waals surface area contributed by atoms with E-state index < -0.39 is 0 Å². The van der Waals surface area contributed by atoms with Crippen LogP contribution in [-0.4, -0.2) is 12.5 Å². The zero-order valence-corrected chi connectivity index (χ0v) is 6.63. The summed E-state index contributed by atoms with van der Waals surface area (Å²) in [5.74, 6) is 0.475. The predicted octanol–water partition coefficient (Wildman–Crippen LogP) is 1.33. The van der Waals surface area contributed by atoms with Crippen LogP contribution in [0.2, 0.25) is 0 Å². The van der Waals surface area contributed by atoms with Gasteiger partial charge in [-0.1, -0.05) is 26.3 Å². The fourth-order valence-corrected chi connectivity index (χ4v) is 0.797. The molecule has 0 bridgehead atoms. The van der Waals surface area contributed by atoms with Crippen LogP contribution in [0.15, 0.2) is 12.7 Å². The van der Waals surface area contributed by atoms with E-state index in [9.17, 15) is 4.79 Å². The van der Waals surface area contributed by atoms with E-state index in [0.717, 1.165) is 12.8 Å². The smallest absolute Gasteiger partial charge is 0.207 e. The number of hydrogen-bond donors (Lipinski definition) is 1. The number of amides is 1. The maximum absolute atomic E-state index is 10.0. The zero-order chi connectivity index (χ0) is 7.98. The summed E-state index contributed by atoms with van der Waals surface area (Å²) >= 11 is 0. The van der Waals surface area contributed by atoms with E-state index in [1.165, 1.54) is 0 Å². The Morgan fingerprint density at radius 1 is 1.70 bits per heavy atom. The van der Waals surface area contributed by atoms with Crippen LogP contribution in [0.4, 0.5) is 0 Å². The second-order valence-corrected chi connectivity index (χ2v) is 2.43. The SMILES string of the molecule is C=CC(NC=O)C(C)CC. The van der Waals surface area contributed by atoms with Crippen molar-refractivity contribution in [2.24, 2.45) is 5.92 Å². The monoisotopic (exact) mass is 141 g/mol. The summed E-state index contributed by atoms with van der Waals surface area (Å²) in [6.45, 7) is 7.80. The van der Waals surface area contributed by atoms with Crippen LogP contribution < -0.4 is 5.32 Å². The van der Waals surface area contributed by atoms with Crippen molar-refractivity contribution < 1.29 is 4.79 Å². The molecule has 10 heavy (non-hydrogen) atoms. The van der Waals surface area contributed by atoms with Crippen LogP contribution in [0.3, 0.4) is 0 Å². The highest BCUT2D eigenvalue weighted by atomic mass is 16.1. The van der Waals surface area contributed by atoms with Crippen LogP contribution in [0, 0.1) is 5.92 Å². The van der Waals surface area contributed by atoms with Gasteiger partial charge in [0, 0.05) is 6.04 Å². The molecular weight excluding hydrogens is 126 g/mol. The molecule has 0 aliphatic carbocycles. The molecular formula is C8H15NO. The van der Waals surface area contributed by atoms with Crippen molar-refractivity contribution in [3.8, 4) is 0 Å². The highest BCUT2D eigenvalue weighted by Gasteiger charge is 2.09. The van der Waals surface area contributed by atoms with Crippen LogP contribution in [-0.2, 0) is 4.79 Å². The van der Waals surface area contributed by atoms with Gasteiger partial charge in [-0.05, 0) is 5.92 Å². The average molecular weight is 141 g/mol. The van der Waals surface area contributed by atoms with E-state index in [-0.39, 0.29) is 6.04 Å². The Morgan fingerprint density at radius 3 is 2.60 bits per heavy atom. The van der Waals surface area contributed by atoms with Crippen LogP contribution in [0.25, 0.3) is 0 Å². The van der Waals surface area contributed by atoms with Crippen molar-refractivity contribution in [2.75, 3.05) is 0 Å². The molecule has 0 aliphatic heterocycles. The van der Waals surface area contributed by atoms with Gasteiger partial charge in [0.25, 0.3) is 0 Å². The molecule has 2 nitrogen and oxygen atoms in total. The molecule has 2 atom stereocenters. The minimum absolute atomic E-state index is 0.127. The van der Waals surface area contributed by atoms with Gasteiger partial charge in [0.15, 0.2) is 0 Å². The third kappa shape index (κ3) is 2.67. The Morgan fingerprint density at radius 2 is 2.30 bits per heavy atom. The molecule has 58 valence electrons. The quantitative estimate of drug-likeness (QED) is 0.454. The normalized spacial score (nSPS) is 15.4. The molecule has 0 aromatic rings. The third-order valence-electron chi connectivity index (χ3n) is 1.77. The van der Waals surface area contributed by atoms with Crippen molar-refractivity contribution in [1.29, 1.82) is 0 Å². The predicted molar refractivity (Wildman–Crippen MR) is 42.6 cm³/mol. The highest BCUT2D eigenvalue weighted by Crippen LogP contribution is 2.06. The van der Waals surface area contributed by atoms with Gasteiger partial charge >= 0.3 is 0 Å².